The smallest absolute Gasteiger partial charge is 0.295 e. The molecule has 4 nitrogen and oxygen atoms in total. The summed E-state index contributed by atoms with van der Waals surface area (Å²) in [6.45, 7) is 4.32. The highest BCUT2D eigenvalue weighted by Gasteiger charge is 2.45. The van der Waals surface area contributed by atoms with Gasteiger partial charge in [-0.15, -0.1) is 0 Å². The summed E-state index contributed by atoms with van der Waals surface area (Å²) < 4.78 is 13.4. The zero-order valence-electron chi connectivity index (χ0n) is 15.4. The Kier molecular flexibility index (Phi) is 5.40. The summed E-state index contributed by atoms with van der Waals surface area (Å²) in [6, 6.07) is 12.0. The summed E-state index contributed by atoms with van der Waals surface area (Å²) in [5, 5.41) is 10.8. The van der Waals surface area contributed by atoms with Crippen molar-refractivity contribution in [3.8, 4) is 0 Å². The van der Waals surface area contributed by atoms with Crippen LogP contribution in [0.4, 0.5) is 4.39 Å². The number of rotatable bonds is 5. The van der Waals surface area contributed by atoms with Crippen LogP contribution in [0, 0.1) is 12.7 Å². The van der Waals surface area contributed by atoms with Gasteiger partial charge in [-0.3, -0.25) is 9.59 Å². The van der Waals surface area contributed by atoms with Crippen LogP contribution in [0.25, 0.3) is 5.76 Å². The zero-order chi connectivity index (χ0) is 19.6. The van der Waals surface area contributed by atoms with Crippen molar-refractivity contribution in [2.75, 3.05) is 6.54 Å². The fourth-order valence-corrected chi connectivity index (χ4v) is 3.30. The van der Waals surface area contributed by atoms with E-state index >= 15 is 0 Å². The maximum absolute atomic E-state index is 13.4. The molecule has 1 N–H and O–H groups in total. The molecule has 0 spiro atoms. The summed E-state index contributed by atoms with van der Waals surface area (Å²) in [4.78, 5) is 26.8. The number of benzene rings is 2. The van der Waals surface area contributed by atoms with E-state index in [1.54, 1.807) is 24.3 Å². The summed E-state index contributed by atoms with van der Waals surface area (Å²) in [5.74, 6) is -1.95. The molecule has 140 valence electrons. The first-order valence-electron chi connectivity index (χ1n) is 9.05. The maximum Gasteiger partial charge on any atom is 0.295 e. The standard InChI is InChI=1S/C22H22FNO3/c1-3-4-13-24-19(15-9-11-17(23)12-10-15)18(21(26)22(24)27)20(25)16-7-5-14(2)6-8-16/h5-12,19,25H,3-4,13H2,1-2H3/b20-18-. The topological polar surface area (TPSA) is 57.6 Å². The predicted octanol–water partition coefficient (Wildman–Crippen LogP) is 4.36. The van der Waals surface area contributed by atoms with Crippen molar-refractivity contribution in [2.24, 2.45) is 0 Å². The third-order valence-electron chi connectivity index (χ3n) is 4.80. The number of carbonyl (C=O) groups excluding carboxylic acids is 2. The average Bonchev–Trinajstić information content (AvgIpc) is 2.91. The van der Waals surface area contributed by atoms with Crippen molar-refractivity contribution < 1.29 is 19.1 Å². The Morgan fingerprint density at radius 2 is 1.70 bits per heavy atom. The van der Waals surface area contributed by atoms with Gasteiger partial charge in [0, 0.05) is 12.1 Å². The van der Waals surface area contributed by atoms with Gasteiger partial charge in [-0.25, -0.2) is 4.39 Å². The number of aliphatic hydroxyl groups is 1. The van der Waals surface area contributed by atoms with Crippen LogP contribution in [-0.4, -0.2) is 28.2 Å². The van der Waals surface area contributed by atoms with Gasteiger partial charge in [0.25, 0.3) is 11.7 Å². The van der Waals surface area contributed by atoms with Crippen molar-refractivity contribution in [1.29, 1.82) is 0 Å². The third kappa shape index (κ3) is 3.63. The van der Waals surface area contributed by atoms with Gasteiger partial charge in [-0.2, -0.15) is 0 Å². The van der Waals surface area contributed by atoms with Crippen LogP contribution in [-0.2, 0) is 9.59 Å². The largest absolute Gasteiger partial charge is 0.507 e. The highest BCUT2D eigenvalue weighted by Crippen LogP contribution is 2.39. The first-order valence-corrected chi connectivity index (χ1v) is 9.05. The number of hydrogen-bond acceptors (Lipinski definition) is 3. The molecule has 27 heavy (non-hydrogen) atoms. The minimum atomic E-state index is -0.724. The van der Waals surface area contributed by atoms with Crippen molar-refractivity contribution >= 4 is 17.4 Å². The van der Waals surface area contributed by atoms with Gasteiger partial charge in [0.2, 0.25) is 0 Å². The molecule has 0 aromatic heterocycles. The number of hydrogen-bond donors (Lipinski definition) is 1. The minimum absolute atomic E-state index is 0.0477. The molecule has 2 aromatic rings. The van der Waals surface area contributed by atoms with Crippen molar-refractivity contribution in [3.05, 3.63) is 76.6 Å². The van der Waals surface area contributed by atoms with Crippen LogP contribution in [0.2, 0.25) is 0 Å². The first kappa shape index (κ1) is 18.8. The first-order chi connectivity index (χ1) is 12.9. The number of carbonyl (C=O) groups is 2. The van der Waals surface area contributed by atoms with E-state index in [1.165, 1.54) is 17.0 Å². The van der Waals surface area contributed by atoms with Crippen LogP contribution in [0.15, 0.2) is 54.1 Å². The Morgan fingerprint density at radius 1 is 1.07 bits per heavy atom. The molecule has 2 aromatic carbocycles. The van der Waals surface area contributed by atoms with E-state index in [4.69, 9.17) is 0 Å². The quantitative estimate of drug-likeness (QED) is 0.485. The van der Waals surface area contributed by atoms with Gasteiger partial charge in [-0.05, 0) is 31.0 Å². The lowest BCUT2D eigenvalue weighted by Gasteiger charge is -2.25. The number of aryl methyl sites for hydroxylation is 1. The number of unbranched alkanes of at least 4 members (excludes halogenated alkanes) is 1. The van der Waals surface area contributed by atoms with Gasteiger partial charge in [-0.1, -0.05) is 55.3 Å². The summed E-state index contributed by atoms with van der Waals surface area (Å²) >= 11 is 0. The van der Waals surface area contributed by atoms with E-state index < -0.39 is 23.5 Å². The van der Waals surface area contributed by atoms with Crippen LogP contribution in [0.1, 0.15) is 42.5 Å². The zero-order valence-corrected chi connectivity index (χ0v) is 15.4. The minimum Gasteiger partial charge on any atom is -0.507 e. The molecular formula is C22H22FNO3. The molecule has 1 amide bonds. The second-order valence-corrected chi connectivity index (χ2v) is 6.76. The summed E-state index contributed by atoms with van der Waals surface area (Å²) in [7, 11) is 0. The fourth-order valence-electron chi connectivity index (χ4n) is 3.30. The Balaban J connectivity index is 2.14. The maximum atomic E-state index is 13.4. The number of ketones is 1. The lowest BCUT2D eigenvalue weighted by Crippen LogP contribution is -2.30. The molecule has 1 saturated heterocycles. The molecule has 5 heteroatoms. The van der Waals surface area contributed by atoms with E-state index in [9.17, 15) is 19.1 Å². The molecular weight excluding hydrogens is 345 g/mol. The number of halogens is 1. The summed E-state index contributed by atoms with van der Waals surface area (Å²) in [6.07, 6.45) is 1.59. The van der Waals surface area contributed by atoms with Crippen molar-refractivity contribution in [3.63, 3.8) is 0 Å². The fraction of sp³-hybridized carbons (Fsp3) is 0.273. The van der Waals surface area contributed by atoms with Crippen molar-refractivity contribution in [2.45, 2.75) is 32.7 Å². The van der Waals surface area contributed by atoms with Crippen LogP contribution < -0.4 is 0 Å². The van der Waals surface area contributed by atoms with E-state index in [0.29, 0.717) is 17.7 Å². The normalized spacial score (nSPS) is 18.9. The third-order valence-corrected chi connectivity index (χ3v) is 4.80. The number of nitrogens with zero attached hydrogens (tertiary/aromatic N) is 1. The molecule has 1 heterocycles. The van der Waals surface area contributed by atoms with E-state index in [-0.39, 0.29) is 11.3 Å². The second-order valence-electron chi connectivity index (χ2n) is 6.76. The Hall–Kier alpha value is -2.95. The van der Waals surface area contributed by atoms with Crippen LogP contribution in [0.3, 0.4) is 0 Å². The second kappa shape index (κ2) is 7.74. The van der Waals surface area contributed by atoms with Crippen LogP contribution >= 0.6 is 0 Å². The molecule has 1 aliphatic rings. The number of likely N-dealkylation sites (tertiary alicyclic amines) is 1. The Bertz CT molecular complexity index is 885. The molecule has 0 saturated carbocycles. The monoisotopic (exact) mass is 367 g/mol. The van der Waals surface area contributed by atoms with Gasteiger partial charge in [0.1, 0.15) is 11.6 Å². The number of aliphatic hydroxyl groups excluding tert-OH is 1. The summed E-state index contributed by atoms with van der Waals surface area (Å²) in [5.41, 5.74) is 2.14. The molecule has 0 aliphatic carbocycles. The van der Waals surface area contributed by atoms with Gasteiger partial charge < -0.3 is 10.0 Å². The molecule has 1 fully saturated rings. The Labute approximate surface area is 157 Å². The number of Topliss-reactive ketones (excluding diaryl/α,β-unsaturated/α-hetero) is 1. The van der Waals surface area contributed by atoms with Gasteiger partial charge in [0.15, 0.2) is 0 Å². The lowest BCUT2D eigenvalue weighted by molar-refractivity contribution is -0.139. The van der Waals surface area contributed by atoms with Crippen molar-refractivity contribution in [1.82, 2.24) is 4.90 Å². The molecule has 1 aliphatic heterocycles. The van der Waals surface area contributed by atoms with E-state index in [0.717, 1.165) is 18.4 Å². The SMILES string of the molecule is CCCCN1C(=O)C(=O)/C(=C(\O)c2ccc(C)cc2)C1c1ccc(F)cc1. The van der Waals surface area contributed by atoms with E-state index in [2.05, 4.69) is 0 Å². The van der Waals surface area contributed by atoms with Gasteiger partial charge in [0.05, 0.1) is 11.6 Å². The average molecular weight is 367 g/mol. The molecule has 0 radical (unpaired) electrons. The molecule has 1 unspecified atom stereocenters. The van der Waals surface area contributed by atoms with Crippen LogP contribution in [0.5, 0.6) is 0 Å². The lowest BCUT2D eigenvalue weighted by atomic mass is 9.95. The molecule has 3 rings (SSSR count). The Morgan fingerprint density at radius 3 is 2.30 bits per heavy atom. The van der Waals surface area contributed by atoms with Gasteiger partial charge >= 0.3 is 0 Å². The highest BCUT2D eigenvalue weighted by atomic mass is 19.1. The molecule has 0 bridgehead atoms. The highest BCUT2D eigenvalue weighted by molar-refractivity contribution is 6.46. The number of amides is 1. The molecule has 1 atom stereocenters. The van der Waals surface area contributed by atoms with E-state index in [1.807, 2.05) is 26.0 Å². The predicted molar refractivity (Wildman–Crippen MR) is 101 cm³/mol.